The SMILES string of the molecule is CCCCc1ccc(C(NC(=O)CNC(=O)CN)C(C)C)cc1. The van der Waals surface area contributed by atoms with Crippen molar-refractivity contribution in [2.45, 2.75) is 46.1 Å². The Morgan fingerprint density at radius 2 is 1.78 bits per heavy atom. The van der Waals surface area contributed by atoms with Crippen molar-refractivity contribution in [3.05, 3.63) is 35.4 Å². The van der Waals surface area contributed by atoms with Gasteiger partial charge < -0.3 is 16.4 Å². The predicted octanol–water partition coefficient (Wildman–Crippen LogP) is 1.92. The van der Waals surface area contributed by atoms with Gasteiger partial charge in [0.25, 0.3) is 0 Å². The lowest BCUT2D eigenvalue weighted by Gasteiger charge is -2.23. The molecule has 0 bridgehead atoms. The van der Waals surface area contributed by atoms with Gasteiger partial charge in [-0.2, -0.15) is 0 Å². The largest absolute Gasteiger partial charge is 0.348 e. The van der Waals surface area contributed by atoms with E-state index in [1.807, 2.05) is 0 Å². The van der Waals surface area contributed by atoms with E-state index in [0.29, 0.717) is 0 Å². The molecule has 0 spiro atoms. The number of nitrogens with one attached hydrogen (secondary N) is 2. The number of rotatable bonds is 9. The van der Waals surface area contributed by atoms with Crippen molar-refractivity contribution < 1.29 is 9.59 Å². The topological polar surface area (TPSA) is 84.2 Å². The van der Waals surface area contributed by atoms with Gasteiger partial charge in [0.15, 0.2) is 0 Å². The van der Waals surface area contributed by atoms with E-state index in [1.165, 1.54) is 18.4 Å². The highest BCUT2D eigenvalue weighted by Crippen LogP contribution is 2.22. The molecule has 0 fully saturated rings. The molecule has 1 aromatic carbocycles. The van der Waals surface area contributed by atoms with Gasteiger partial charge in [0.2, 0.25) is 11.8 Å². The second-order valence-electron chi connectivity index (χ2n) is 6.12. The van der Waals surface area contributed by atoms with Crippen LogP contribution in [0.25, 0.3) is 0 Å². The van der Waals surface area contributed by atoms with Crippen molar-refractivity contribution in [3.63, 3.8) is 0 Å². The Kier molecular flexibility index (Phi) is 8.33. The first-order valence-corrected chi connectivity index (χ1v) is 8.32. The first-order valence-electron chi connectivity index (χ1n) is 8.32. The zero-order chi connectivity index (χ0) is 17.2. The second-order valence-corrected chi connectivity index (χ2v) is 6.12. The third-order valence-corrected chi connectivity index (χ3v) is 3.77. The van der Waals surface area contributed by atoms with E-state index in [4.69, 9.17) is 5.73 Å². The molecule has 0 aliphatic heterocycles. The van der Waals surface area contributed by atoms with Gasteiger partial charge in [0, 0.05) is 0 Å². The molecule has 23 heavy (non-hydrogen) atoms. The smallest absolute Gasteiger partial charge is 0.239 e. The van der Waals surface area contributed by atoms with Crippen molar-refractivity contribution in [1.29, 1.82) is 0 Å². The molecule has 0 saturated heterocycles. The molecular formula is C18H29N3O2. The summed E-state index contributed by atoms with van der Waals surface area (Å²) in [6.45, 7) is 6.15. The van der Waals surface area contributed by atoms with Crippen molar-refractivity contribution in [2.24, 2.45) is 11.7 Å². The summed E-state index contributed by atoms with van der Waals surface area (Å²) in [6, 6.07) is 8.34. The Hall–Kier alpha value is -1.88. The Bertz CT molecular complexity index is 497. The van der Waals surface area contributed by atoms with E-state index < -0.39 is 0 Å². The molecule has 0 aliphatic carbocycles. The Morgan fingerprint density at radius 3 is 2.30 bits per heavy atom. The average Bonchev–Trinajstić information content (AvgIpc) is 2.55. The third-order valence-electron chi connectivity index (χ3n) is 3.77. The van der Waals surface area contributed by atoms with E-state index in [-0.39, 0.29) is 36.9 Å². The number of unbranched alkanes of at least 4 members (excludes halogenated alkanes) is 1. The van der Waals surface area contributed by atoms with Gasteiger partial charge in [-0.3, -0.25) is 9.59 Å². The van der Waals surface area contributed by atoms with Gasteiger partial charge in [0.05, 0.1) is 19.1 Å². The fraction of sp³-hybridized carbons (Fsp3) is 0.556. The molecule has 128 valence electrons. The van der Waals surface area contributed by atoms with Crippen molar-refractivity contribution in [1.82, 2.24) is 10.6 Å². The van der Waals surface area contributed by atoms with Crippen LogP contribution in [0.3, 0.4) is 0 Å². The summed E-state index contributed by atoms with van der Waals surface area (Å²) in [5, 5.41) is 5.46. The zero-order valence-corrected chi connectivity index (χ0v) is 14.4. The first kappa shape index (κ1) is 19.2. The quantitative estimate of drug-likeness (QED) is 0.650. The second kappa shape index (κ2) is 10.0. The van der Waals surface area contributed by atoms with Crippen molar-refractivity contribution in [2.75, 3.05) is 13.1 Å². The van der Waals surface area contributed by atoms with Gasteiger partial charge >= 0.3 is 0 Å². The highest BCUT2D eigenvalue weighted by molar-refractivity contribution is 5.85. The highest BCUT2D eigenvalue weighted by atomic mass is 16.2. The molecule has 4 N–H and O–H groups in total. The maximum absolute atomic E-state index is 12.0. The number of hydrogen-bond donors (Lipinski definition) is 3. The minimum atomic E-state index is -0.332. The summed E-state index contributed by atoms with van der Waals surface area (Å²) in [4.78, 5) is 23.1. The molecule has 1 aromatic rings. The number of carbonyl (C=O) groups is 2. The number of nitrogens with two attached hydrogens (primary N) is 1. The summed E-state index contributed by atoms with van der Waals surface area (Å²) in [6.07, 6.45) is 3.45. The predicted molar refractivity (Wildman–Crippen MR) is 92.8 cm³/mol. The van der Waals surface area contributed by atoms with E-state index >= 15 is 0 Å². The number of benzene rings is 1. The monoisotopic (exact) mass is 319 g/mol. The van der Waals surface area contributed by atoms with Crippen LogP contribution in [0.4, 0.5) is 0 Å². The zero-order valence-electron chi connectivity index (χ0n) is 14.4. The normalized spacial score (nSPS) is 12.0. The molecule has 0 aromatic heterocycles. The van der Waals surface area contributed by atoms with E-state index in [0.717, 1.165) is 12.0 Å². The standard InChI is InChI=1S/C18H29N3O2/c1-4-5-6-14-7-9-15(10-8-14)18(13(2)3)21-17(23)12-20-16(22)11-19/h7-10,13,18H,4-6,11-12,19H2,1-3H3,(H,20,22)(H,21,23). The molecule has 5 nitrogen and oxygen atoms in total. The minimum Gasteiger partial charge on any atom is -0.348 e. The van der Waals surface area contributed by atoms with Crippen LogP contribution >= 0.6 is 0 Å². The van der Waals surface area contributed by atoms with Gasteiger partial charge in [-0.05, 0) is 29.9 Å². The molecule has 5 heteroatoms. The van der Waals surface area contributed by atoms with Gasteiger partial charge in [0.1, 0.15) is 0 Å². The lowest BCUT2D eigenvalue weighted by molar-refractivity contribution is -0.126. The number of amides is 2. The van der Waals surface area contributed by atoms with Crippen LogP contribution in [0.2, 0.25) is 0 Å². The summed E-state index contributed by atoms with van der Waals surface area (Å²) < 4.78 is 0. The Labute approximate surface area is 139 Å². The maximum atomic E-state index is 12.0. The Morgan fingerprint density at radius 1 is 1.13 bits per heavy atom. The fourth-order valence-electron chi connectivity index (χ4n) is 2.38. The van der Waals surface area contributed by atoms with Crippen molar-refractivity contribution >= 4 is 11.8 Å². The lowest BCUT2D eigenvalue weighted by atomic mass is 9.94. The summed E-state index contributed by atoms with van der Waals surface area (Å²) in [7, 11) is 0. The van der Waals surface area contributed by atoms with Crippen LogP contribution in [0.15, 0.2) is 24.3 Å². The van der Waals surface area contributed by atoms with Crippen LogP contribution in [0, 0.1) is 5.92 Å². The average molecular weight is 319 g/mol. The van der Waals surface area contributed by atoms with Crippen LogP contribution in [0.1, 0.15) is 50.8 Å². The van der Waals surface area contributed by atoms with Crippen LogP contribution in [-0.2, 0) is 16.0 Å². The summed E-state index contributed by atoms with van der Waals surface area (Å²) in [5.74, 6) is -0.285. The van der Waals surface area contributed by atoms with Gasteiger partial charge in [-0.15, -0.1) is 0 Å². The fourth-order valence-corrected chi connectivity index (χ4v) is 2.38. The van der Waals surface area contributed by atoms with E-state index in [1.54, 1.807) is 0 Å². The molecule has 1 atom stereocenters. The van der Waals surface area contributed by atoms with E-state index in [2.05, 4.69) is 55.7 Å². The third kappa shape index (κ3) is 6.82. The molecule has 0 radical (unpaired) electrons. The first-order chi connectivity index (χ1) is 11.0. The van der Waals surface area contributed by atoms with Crippen LogP contribution in [0.5, 0.6) is 0 Å². The molecule has 1 unspecified atom stereocenters. The number of hydrogen-bond acceptors (Lipinski definition) is 3. The molecule has 0 heterocycles. The molecule has 2 amide bonds. The van der Waals surface area contributed by atoms with Crippen LogP contribution < -0.4 is 16.4 Å². The summed E-state index contributed by atoms with van der Waals surface area (Å²) >= 11 is 0. The number of carbonyl (C=O) groups excluding carboxylic acids is 2. The van der Waals surface area contributed by atoms with E-state index in [9.17, 15) is 9.59 Å². The maximum Gasteiger partial charge on any atom is 0.239 e. The Balaban J connectivity index is 2.67. The number of aryl methyl sites for hydroxylation is 1. The molecular weight excluding hydrogens is 290 g/mol. The summed E-state index contributed by atoms with van der Waals surface area (Å²) in [5.41, 5.74) is 7.61. The highest BCUT2D eigenvalue weighted by Gasteiger charge is 2.18. The molecule has 0 saturated carbocycles. The van der Waals surface area contributed by atoms with Gasteiger partial charge in [-0.25, -0.2) is 0 Å². The lowest BCUT2D eigenvalue weighted by Crippen LogP contribution is -2.41. The molecule has 0 aliphatic rings. The molecule has 1 rings (SSSR count). The minimum absolute atomic E-state index is 0.0478. The van der Waals surface area contributed by atoms with Crippen LogP contribution in [-0.4, -0.2) is 24.9 Å². The van der Waals surface area contributed by atoms with Gasteiger partial charge in [-0.1, -0.05) is 51.5 Å². The van der Waals surface area contributed by atoms with Crippen molar-refractivity contribution in [3.8, 4) is 0 Å².